The first-order chi connectivity index (χ1) is 12.5. The molecule has 5 heteroatoms. The van der Waals surface area contributed by atoms with Crippen LogP contribution in [0, 0.1) is 0 Å². The zero-order valence-corrected chi connectivity index (χ0v) is 15.1. The van der Waals surface area contributed by atoms with E-state index in [-0.39, 0.29) is 15.5 Å². The van der Waals surface area contributed by atoms with Crippen molar-refractivity contribution in [3.8, 4) is 5.75 Å². The highest BCUT2D eigenvalue weighted by Gasteiger charge is 2.25. The summed E-state index contributed by atoms with van der Waals surface area (Å²) >= 11 is 0. The molecule has 0 aliphatic rings. The summed E-state index contributed by atoms with van der Waals surface area (Å²) in [6.45, 7) is 0. The maximum Gasteiger partial charge on any atom is 0.209 e. The van der Waals surface area contributed by atoms with E-state index in [0.29, 0.717) is 16.9 Å². The average molecular weight is 365 g/mol. The van der Waals surface area contributed by atoms with Crippen molar-refractivity contribution in [2.75, 3.05) is 7.11 Å². The fourth-order valence-electron chi connectivity index (χ4n) is 2.66. The summed E-state index contributed by atoms with van der Waals surface area (Å²) in [5, 5.41) is 0. The Labute approximate surface area is 153 Å². The summed E-state index contributed by atoms with van der Waals surface area (Å²) in [6, 6.07) is 24.2. The second-order valence-corrected chi connectivity index (χ2v) is 7.54. The van der Waals surface area contributed by atoms with Crippen LogP contribution in [0.2, 0.25) is 0 Å². The largest absolute Gasteiger partial charge is 0.497 e. The predicted molar refractivity (Wildman–Crippen MR) is 104 cm³/mol. The Morgan fingerprint density at radius 2 is 1.31 bits per heavy atom. The molecule has 0 spiro atoms. The second-order valence-electron chi connectivity index (χ2n) is 5.65. The van der Waals surface area contributed by atoms with Crippen LogP contribution in [0.3, 0.4) is 0 Å². The highest BCUT2D eigenvalue weighted by Crippen LogP contribution is 2.33. The monoisotopic (exact) mass is 365 g/mol. The van der Waals surface area contributed by atoms with Crippen LogP contribution < -0.4 is 10.5 Å². The van der Waals surface area contributed by atoms with Crippen molar-refractivity contribution in [3.63, 3.8) is 0 Å². The van der Waals surface area contributed by atoms with Gasteiger partial charge in [0.1, 0.15) is 10.7 Å². The Bertz CT molecular complexity index is 1010. The molecule has 0 unspecified atom stereocenters. The maximum atomic E-state index is 13.3. The molecular formula is C21H19NO3S. The van der Waals surface area contributed by atoms with Crippen LogP contribution in [0.15, 0.2) is 89.8 Å². The van der Waals surface area contributed by atoms with Crippen LogP contribution in [0.25, 0.3) is 10.6 Å². The SMILES string of the molecule is COc1ccc(/C(N)=C(\c2ccccc2)S(=O)(=O)c2ccccc2)cc1. The number of rotatable bonds is 5. The van der Waals surface area contributed by atoms with Gasteiger partial charge in [0.15, 0.2) is 0 Å². The molecule has 3 rings (SSSR count). The summed E-state index contributed by atoms with van der Waals surface area (Å²) in [6.07, 6.45) is 0. The van der Waals surface area contributed by atoms with E-state index in [4.69, 9.17) is 10.5 Å². The number of ether oxygens (including phenoxy) is 1. The first-order valence-electron chi connectivity index (χ1n) is 8.04. The second kappa shape index (κ2) is 7.45. The molecule has 0 aromatic heterocycles. The van der Waals surface area contributed by atoms with Crippen molar-refractivity contribution in [1.29, 1.82) is 0 Å². The molecule has 4 nitrogen and oxygen atoms in total. The van der Waals surface area contributed by atoms with E-state index in [9.17, 15) is 8.42 Å². The summed E-state index contributed by atoms with van der Waals surface area (Å²) in [5.74, 6) is 0.675. The Morgan fingerprint density at radius 1 is 0.769 bits per heavy atom. The number of hydrogen-bond donors (Lipinski definition) is 1. The number of hydrogen-bond acceptors (Lipinski definition) is 4. The maximum absolute atomic E-state index is 13.3. The fourth-order valence-corrected chi connectivity index (χ4v) is 4.27. The normalized spacial score (nSPS) is 12.3. The molecule has 2 N–H and O–H groups in total. The summed E-state index contributed by atoms with van der Waals surface area (Å²) in [7, 11) is -2.22. The van der Waals surface area contributed by atoms with Gasteiger partial charge in [0.2, 0.25) is 9.84 Å². The average Bonchev–Trinajstić information content (AvgIpc) is 2.69. The van der Waals surface area contributed by atoms with Gasteiger partial charge in [-0.2, -0.15) is 0 Å². The molecule has 26 heavy (non-hydrogen) atoms. The van der Waals surface area contributed by atoms with Gasteiger partial charge in [-0.15, -0.1) is 0 Å². The zero-order chi connectivity index (χ0) is 18.6. The molecule has 0 saturated heterocycles. The molecule has 0 fully saturated rings. The Balaban J connectivity index is 2.24. The van der Waals surface area contributed by atoms with E-state index >= 15 is 0 Å². The minimum atomic E-state index is -3.79. The van der Waals surface area contributed by atoms with Gasteiger partial charge in [0.05, 0.1) is 17.7 Å². The number of sulfone groups is 1. The van der Waals surface area contributed by atoms with Gasteiger partial charge >= 0.3 is 0 Å². The van der Waals surface area contributed by atoms with Crippen molar-refractivity contribution in [3.05, 3.63) is 96.1 Å². The molecule has 0 aliphatic carbocycles. The zero-order valence-electron chi connectivity index (χ0n) is 14.3. The molecular weight excluding hydrogens is 346 g/mol. The highest BCUT2D eigenvalue weighted by atomic mass is 32.2. The standard InChI is InChI=1S/C21H19NO3S/c1-25-18-14-12-16(13-15-18)20(22)21(17-8-4-2-5-9-17)26(23,24)19-10-6-3-7-11-19/h2-15H,22H2,1H3/b21-20-. The quantitative estimate of drug-likeness (QED) is 0.695. The third-order valence-electron chi connectivity index (χ3n) is 4.00. The van der Waals surface area contributed by atoms with E-state index in [1.807, 2.05) is 6.07 Å². The van der Waals surface area contributed by atoms with E-state index in [0.717, 1.165) is 0 Å². The predicted octanol–water partition coefficient (Wildman–Crippen LogP) is 3.95. The Kier molecular flexibility index (Phi) is 5.09. The molecule has 0 aliphatic heterocycles. The summed E-state index contributed by atoms with van der Waals surface area (Å²) in [5.41, 5.74) is 7.70. The van der Waals surface area contributed by atoms with Crippen molar-refractivity contribution in [1.82, 2.24) is 0 Å². The summed E-state index contributed by atoms with van der Waals surface area (Å²) in [4.78, 5) is 0.296. The topological polar surface area (TPSA) is 69.4 Å². The van der Waals surface area contributed by atoms with Crippen molar-refractivity contribution in [2.45, 2.75) is 4.90 Å². The van der Waals surface area contributed by atoms with E-state index in [2.05, 4.69) is 0 Å². The molecule has 0 atom stereocenters. The molecule has 0 bridgehead atoms. The van der Waals surface area contributed by atoms with Gasteiger partial charge in [-0.25, -0.2) is 8.42 Å². The van der Waals surface area contributed by atoms with Gasteiger partial charge in [0.25, 0.3) is 0 Å². The van der Waals surface area contributed by atoms with Crippen LogP contribution in [-0.2, 0) is 9.84 Å². The smallest absolute Gasteiger partial charge is 0.209 e. The molecule has 3 aromatic carbocycles. The van der Waals surface area contributed by atoms with Crippen LogP contribution in [0.4, 0.5) is 0 Å². The Morgan fingerprint density at radius 3 is 1.85 bits per heavy atom. The van der Waals surface area contributed by atoms with Crippen molar-refractivity contribution in [2.24, 2.45) is 5.73 Å². The fraction of sp³-hybridized carbons (Fsp3) is 0.0476. The van der Waals surface area contributed by atoms with E-state index in [1.165, 1.54) is 0 Å². The molecule has 0 saturated carbocycles. The van der Waals surface area contributed by atoms with Crippen LogP contribution >= 0.6 is 0 Å². The number of methoxy groups -OCH3 is 1. The van der Waals surface area contributed by atoms with Gasteiger partial charge in [-0.3, -0.25) is 0 Å². The van der Waals surface area contributed by atoms with Gasteiger partial charge in [-0.05, 0) is 47.5 Å². The van der Waals surface area contributed by atoms with E-state index in [1.54, 1.807) is 86.0 Å². The molecule has 0 heterocycles. The molecule has 0 amide bonds. The Hall–Kier alpha value is -3.05. The summed E-state index contributed by atoms with van der Waals surface area (Å²) < 4.78 is 31.8. The van der Waals surface area contributed by atoms with Crippen LogP contribution in [0.1, 0.15) is 11.1 Å². The third kappa shape index (κ3) is 3.48. The number of nitrogens with two attached hydrogens (primary N) is 1. The minimum absolute atomic E-state index is 0.0921. The highest BCUT2D eigenvalue weighted by molar-refractivity contribution is 8.01. The van der Waals surface area contributed by atoms with Crippen molar-refractivity contribution >= 4 is 20.4 Å². The first kappa shape index (κ1) is 17.8. The lowest BCUT2D eigenvalue weighted by atomic mass is 10.1. The van der Waals surface area contributed by atoms with Crippen molar-refractivity contribution < 1.29 is 13.2 Å². The molecule has 0 radical (unpaired) electrons. The van der Waals surface area contributed by atoms with Gasteiger partial charge in [-0.1, -0.05) is 48.5 Å². The minimum Gasteiger partial charge on any atom is -0.497 e. The lowest BCUT2D eigenvalue weighted by Crippen LogP contribution is -2.11. The number of benzene rings is 3. The first-order valence-corrected chi connectivity index (χ1v) is 9.52. The van der Waals surface area contributed by atoms with Gasteiger partial charge in [0, 0.05) is 0 Å². The molecule has 132 valence electrons. The lowest BCUT2D eigenvalue weighted by Gasteiger charge is -2.14. The van der Waals surface area contributed by atoms with Crippen LogP contribution in [0.5, 0.6) is 5.75 Å². The lowest BCUT2D eigenvalue weighted by molar-refractivity contribution is 0.415. The third-order valence-corrected chi connectivity index (χ3v) is 5.89. The molecule has 3 aromatic rings. The van der Waals surface area contributed by atoms with E-state index < -0.39 is 9.84 Å². The van der Waals surface area contributed by atoms with Crippen LogP contribution in [-0.4, -0.2) is 15.5 Å². The van der Waals surface area contributed by atoms with Gasteiger partial charge < -0.3 is 10.5 Å².